The number of nitrogens with zero attached hydrogens (tertiary/aromatic N) is 2. The van der Waals surface area contributed by atoms with E-state index in [2.05, 4.69) is 11.9 Å². The maximum atomic E-state index is 12.3. The summed E-state index contributed by atoms with van der Waals surface area (Å²) in [5.74, 6) is -0.358. The van der Waals surface area contributed by atoms with Crippen molar-refractivity contribution in [2.45, 2.75) is 18.9 Å². The first-order valence-corrected chi connectivity index (χ1v) is 6.46. The molecule has 1 aliphatic heterocycles. The first-order valence-electron chi connectivity index (χ1n) is 6.46. The third-order valence-electron chi connectivity index (χ3n) is 3.77. The molecule has 1 saturated heterocycles. The monoisotopic (exact) mass is 264 g/mol. The van der Waals surface area contributed by atoms with Crippen LogP contribution in [0.5, 0.6) is 11.5 Å². The first kappa shape index (κ1) is 13.7. The second-order valence-electron chi connectivity index (χ2n) is 5.15. The zero-order valence-electron chi connectivity index (χ0n) is 11.3. The molecule has 1 aromatic carbocycles. The van der Waals surface area contributed by atoms with Crippen LogP contribution >= 0.6 is 0 Å². The van der Waals surface area contributed by atoms with Crippen molar-refractivity contribution in [2.75, 3.05) is 27.2 Å². The number of aromatic hydroxyl groups is 2. The van der Waals surface area contributed by atoms with Gasteiger partial charge in [-0.15, -0.1) is 0 Å². The lowest BCUT2D eigenvalue weighted by Crippen LogP contribution is -2.44. The molecule has 1 fully saturated rings. The van der Waals surface area contributed by atoms with Gasteiger partial charge in [0.2, 0.25) is 0 Å². The predicted octanol–water partition coefficient (Wildman–Crippen LogP) is 1.26. The lowest BCUT2D eigenvalue weighted by atomic mass is 10.0. The normalized spacial score (nSPS) is 17.4. The van der Waals surface area contributed by atoms with Gasteiger partial charge in [-0.25, -0.2) is 0 Å². The molecule has 5 heteroatoms. The lowest BCUT2D eigenvalue weighted by molar-refractivity contribution is 0.0656. The quantitative estimate of drug-likeness (QED) is 0.789. The smallest absolute Gasteiger partial charge is 0.257 e. The number of benzene rings is 1. The van der Waals surface area contributed by atoms with E-state index in [1.165, 1.54) is 18.2 Å². The van der Waals surface area contributed by atoms with Crippen molar-refractivity contribution in [1.82, 2.24) is 9.80 Å². The molecule has 1 heterocycles. The maximum absolute atomic E-state index is 12.3. The number of phenols is 2. The minimum absolute atomic E-state index is 0.0158. The molecule has 0 unspecified atom stereocenters. The van der Waals surface area contributed by atoms with Crippen LogP contribution in [0.3, 0.4) is 0 Å². The Balaban J connectivity index is 2.12. The predicted molar refractivity (Wildman–Crippen MR) is 72.4 cm³/mol. The number of hydrogen-bond acceptors (Lipinski definition) is 4. The van der Waals surface area contributed by atoms with Crippen LogP contribution in [0.2, 0.25) is 0 Å². The van der Waals surface area contributed by atoms with E-state index < -0.39 is 0 Å². The Kier molecular flexibility index (Phi) is 3.95. The van der Waals surface area contributed by atoms with Gasteiger partial charge in [-0.2, -0.15) is 0 Å². The van der Waals surface area contributed by atoms with E-state index in [1.54, 1.807) is 11.9 Å². The summed E-state index contributed by atoms with van der Waals surface area (Å²) in [4.78, 5) is 16.2. The Morgan fingerprint density at radius 1 is 1.32 bits per heavy atom. The fourth-order valence-corrected chi connectivity index (χ4v) is 2.43. The first-order chi connectivity index (χ1) is 8.99. The van der Waals surface area contributed by atoms with Crippen LogP contribution in [-0.4, -0.2) is 59.1 Å². The highest BCUT2D eigenvalue weighted by Crippen LogP contribution is 2.25. The number of likely N-dealkylation sites (tertiary alicyclic amines) is 1. The Morgan fingerprint density at radius 3 is 2.58 bits per heavy atom. The van der Waals surface area contributed by atoms with E-state index >= 15 is 0 Å². The van der Waals surface area contributed by atoms with Crippen LogP contribution in [0.4, 0.5) is 0 Å². The van der Waals surface area contributed by atoms with Crippen molar-refractivity contribution in [3.8, 4) is 11.5 Å². The largest absolute Gasteiger partial charge is 0.508 e. The molecule has 0 saturated carbocycles. The van der Waals surface area contributed by atoms with E-state index in [0.29, 0.717) is 0 Å². The lowest BCUT2D eigenvalue weighted by Gasteiger charge is -2.35. The minimum Gasteiger partial charge on any atom is -0.508 e. The summed E-state index contributed by atoms with van der Waals surface area (Å²) in [6.07, 6.45) is 1.86. The van der Waals surface area contributed by atoms with E-state index in [1.807, 2.05) is 0 Å². The molecule has 1 aromatic rings. The average Bonchev–Trinajstić information content (AvgIpc) is 2.41. The van der Waals surface area contributed by atoms with Gasteiger partial charge in [-0.3, -0.25) is 4.79 Å². The van der Waals surface area contributed by atoms with Crippen LogP contribution in [0, 0.1) is 0 Å². The van der Waals surface area contributed by atoms with Gasteiger partial charge in [-0.05, 0) is 51.2 Å². The van der Waals surface area contributed by atoms with Crippen molar-refractivity contribution in [3.05, 3.63) is 23.8 Å². The Hall–Kier alpha value is -1.75. The maximum Gasteiger partial charge on any atom is 0.257 e. The second kappa shape index (κ2) is 5.48. The highest BCUT2D eigenvalue weighted by Gasteiger charge is 2.26. The third-order valence-corrected chi connectivity index (χ3v) is 3.77. The fourth-order valence-electron chi connectivity index (χ4n) is 2.43. The Morgan fingerprint density at radius 2 is 1.95 bits per heavy atom. The number of amides is 1. The van der Waals surface area contributed by atoms with Crippen LogP contribution in [-0.2, 0) is 0 Å². The summed E-state index contributed by atoms with van der Waals surface area (Å²) in [6, 6.07) is 4.20. The molecule has 1 amide bonds. The van der Waals surface area contributed by atoms with Crippen LogP contribution in [0.15, 0.2) is 18.2 Å². The van der Waals surface area contributed by atoms with Crippen molar-refractivity contribution in [2.24, 2.45) is 0 Å². The van der Waals surface area contributed by atoms with Gasteiger partial charge in [0, 0.05) is 13.1 Å². The minimum atomic E-state index is -0.247. The Labute approximate surface area is 113 Å². The van der Waals surface area contributed by atoms with E-state index in [4.69, 9.17) is 0 Å². The summed E-state index contributed by atoms with van der Waals surface area (Å²) in [7, 11) is 3.82. The molecule has 0 aliphatic carbocycles. The van der Waals surface area contributed by atoms with Gasteiger partial charge in [-0.1, -0.05) is 0 Å². The summed E-state index contributed by atoms with van der Waals surface area (Å²) < 4.78 is 0. The summed E-state index contributed by atoms with van der Waals surface area (Å²) in [6.45, 7) is 1.93. The topological polar surface area (TPSA) is 64.0 Å². The summed E-state index contributed by atoms with van der Waals surface area (Å²) in [5, 5.41) is 19.2. The zero-order valence-corrected chi connectivity index (χ0v) is 11.3. The van der Waals surface area contributed by atoms with E-state index in [9.17, 15) is 15.0 Å². The number of carbonyl (C=O) groups is 1. The zero-order chi connectivity index (χ0) is 14.0. The molecule has 0 atom stereocenters. The second-order valence-corrected chi connectivity index (χ2v) is 5.15. The molecule has 0 aromatic heterocycles. The highest BCUT2D eigenvalue weighted by atomic mass is 16.3. The molecule has 104 valence electrons. The number of hydrogen-bond donors (Lipinski definition) is 2. The van der Waals surface area contributed by atoms with Gasteiger partial charge in [0.15, 0.2) is 0 Å². The van der Waals surface area contributed by atoms with E-state index in [0.717, 1.165) is 25.9 Å². The van der Waals surface area contributed by atoms with Crippen LogP contribution in [0.25, 0.3) is 0 Å². The number of carbonyl (C=O) groups excluding carboxylic acids is 1. The summed E-state index contributed by atoms with van der Waals surface area (Å²) >= 11 is 0. The Bertz CT molecular complexity index is 468. The van der Waals surface area contributed by atoms with Gasteiger partial charge in [0.05, 0.1) is 5.56 Å². The van der Waals surface area contributed by atoms with Gasteiger partial charge >= 0.3 is 0 Å². The fraction of sp³-hybridized carbons (Fsp3) is 0.500. The molecule has 5 nitrogen and oxygen atoms in total. The average molecular weight is 264 g/mol. The SMILES string of the molecule is CN1CCC(N(C)C(=O)c2cc(O)ccc2O)CC1. The number of piperidine rings is 1. The molecular weight excluding hydrogens is 244 g/mol. The molecule has 1 aliphatic rings. The highest BCUT2D eigenvalue weighted by molar-refractivity contribution is 5.97. The molecular formula is C14H20N2O3. The van der Waals surface area contributed by atoms with Gasteiger partial charge < -0.3 is 20.0 Å². The van der Waals surface area contributed by atoms with Crippen molar-refractivity contribution < 1.29 is 15.0 Å². The van der Waals surface area contributed by atoms with Gasteiger partial charge in [0.25, 0.3) is 5.91 Å². The number of phenolic OH excluding ortho intramolecular Hbond substituents is 2. The molecule has 0 bridgehead atoms. The molecule has 2 rings (SSSR count). The molecule has 0 radical (unpaired) electrons. The standard InChI is InChI=1S/C14H20N2O3/c1-15-7-5-10(6-8-15)16(2)14(19)12-9-11(17)3-4-13(12)18/h3-4,9-10,17-18H,5-8H2,1-2H3. The van der Waals surface area contributed by atoms with Crippen LogP contribution < -0.4 is 0 Å². The summed E-state index contributed by atoms with van der Waals surface area (Å²) in [5.41, 5.74) is 0.154. The van der Waals surface area contributed by atoms with Crippen LogP contribution in [0.1, 0.15) is 23.2 Å². The number of rotatable bonds is 2. The molecule has 2 N–H and O–H groups in total. The van der Waals surface area contributed by atoms with Crippen molar-refractivity contribution in [3.63, 3.8) is 0 Å². The molecule has 19 heavy (non-hydrogen) atoms. The van der Waals surface area contributed by atoms with E-state index in [-0.39, 0.29) is 29.0 Å². The van der Waals surface area contributed by atoms with Gasteiger partial charge in [0.1, 0.15) is 11.5 Å². The van der Waals surface area contributed by atoms with Crippen molar-refractivity contribution >= 4 is 5.91 Å². The molecule has 0 spiro atoms. The third kappa shape index (κ3) is 2.98. The van der Waals surface area contributed by atoms with Crippen molar-refractivity contribution in [1.29, 1.82) is 0 Å².